The number of rotatable bonds is 7. The van der Waals surface area contributed by atoms with Gasteiger partial charge >= 0.3 is 0 Å². The van der Waals surface area contributed by atoms with E-state index in [2.05, 4.69) is 37.9 Å². The van der Waals surface area contributed by atoms with Crippen LogP contribution >= 0.6 is 0 Å². The maximum atomic E-state index is 10.3. The van der Waals surface area contributed by atoms with Crippen LogP contribution in [0.3, 0.4) is 0 Å². The number of piperidine rings is 1. The Kier molecular flexibility index (Phi) is 6.61. The molecule has 0 aromatic rings. The van der Waals surface area contributed by atoms with Crippen LogP contribution in [0.1, 0.15) is 53.4 Å². The van der Waals surface area contributed by atoms with Crippen LogP contribution in [0.5, 0.6) is 0 Å². The average molecular weight is 256 g/mol. The minimum absolute atomic E-state index is 0.515. The van der Waals surface area contributed by atoms with Crippen molar-refractivity contribution in [2.75, 3.05) is 26.2 Å². The van der Waals surface area contributed by atoms with Crippen LogP contribution in [0.4, 0.5) is 0 Å². The van der Waals surface area contributed by atoms with E-state index >= 15 is 0 Å². The molecule has 1 unspecified atom stereocenters. The zero-order valence-electron chi connectivity index (χ0n) is 12.7. The van der Waals surface area contributed by atoms with E-state index in [-0.39, 0.29) is 0 Å². The Morgan fingerprint density at radius 2 is 1.78 bits per heavy atom. The predicted octanol–water partition coefficient (Wildman–Crippen LogP) is 2.25. The molecule has 0 saturated carbocycles. The van der Waals surface area contributed by atoms with Gasteiger partial charge in [-0.05, 0) is 58.2 Å². The number of nitrogens with zero attached hydrogens (tertiary/aromatic N) is 1. The lowest BCUT2D eigenvalue weighted by molar-refractivity contribution is 0.0268. The molecule has 3 heteroatoms. The van der Waals surface area contributed by atoms with Crippen molar-refractivity contribution in [2.24, 2.45) is 5.92 Å². The molecule has 0 aromatic heterocycles. The number of hydrogen-bond donors (Lipinski definition) is 2. The maximum absolute atomic E-state index is 10.3. The summed E-state index contributed by atoms with van der Waals surface area (Å²) in [4.78, 5) is 2.53. The van der Waals surface area contributed by atoms with Crippen molar-refractivity contribution in [3.8, 4) is 0 Å². The third-order valence-corrected chi connectivity index (χ3v) is 4.86. The molecule has 1 aliphatic rings. The molecule has 1 fully saturated rings. The standard InChI is InChI=1S/C15H32N2O/c1-5-15(18,6-2)12-16-13(4)14-8-10-17(7-3)11-9-14/h13-14,16,18H,5-12H2,1-4H3. The number of aliphatic hydroxyl groups is 1. The fraction of sp³-hybridized carbons (Fsp3) is 1.00. The zero-order valence-corrected chi connectivity index (χ0v) is 12.7. The van der Waals surface area contributed by atoms with Crippen LogP contribution < -0.4 is 5.32 Å². The lowest BCUT2D eigenvalue weighted by Crippen LogP contribution is -2.47. The van der Waals surface area contributed by atoms with E-state index in [0.717, 1.165) is 25.3 Å². The molecule has 0 amide bonds. The molecule has 0 bridgehead atoms. The lowest BCUT2D eigenvalue weighted by Gasteiger charge is -2.36. The van der Waals surface area contributed by atoms with Gasteiger partial charge in [0.15, 0.2) is 0 Å². The smallest absolute Gasteiger partial charge is 0.0766 e. The van der Waals surface area contributed by atoms with Crippen molar-refractivity contribution in [1.29, 1.82) is 0 Å². The molecule has 18 heavy (non-hydrogen) atoms. The van der Waals surface area contributed by atoms with Gasteiger partial charge < -0.3 is 15.3 Å². The monoisotopic (exact) mass is 256 g/mol. The lowest BCUT2D eigenvalue weighted by atomic mass is 9.89. The van der Waals surface area contributed by atoms with Gasteiger partial charge in [-0.2, -0.15) is 0 Å². The number of hydrogen-bond acceptors (Lipinski definition) is 3. The summed E-state index contributed by atoms with van der Waals surface area (Å²) in [5.74, 6) is 0.769. The first kappa shape index (κ1) is 15.9. The number of nitrogens with one attached hydrogen (secondary N) is 1. The normalized spacial score (nSPS) is 21.2. The molecule has 0 spiro atoms. The first-order valence-electron chi connectivity index (χ1n) is 7.72. The van der Waals surface area contributed by atoms with Gasteiger partial charge in [-0.1, -0.05) is 20.8 Å². The molecular formula is C15H32N2O. The summed E-state index contributed by atoms with van der Waals surface area (Å²) in [6, 6.07) is 0.522. The van der Waals surface area contributed by atoms with Gasteiger partial charge in [0.05, 0.1) is 5.60 Å². The minimum Gasteiger partial charge on any atom is -0.389 e. The maximum Gasteiger partial charge on any atom is 0.0766 e. The van der Waals surface area contributed by atoms with Crippen LogP contribution in [-0.2, 0) is 0 Å². The second-order valence-corrected chi connectivity index (χ2v) is 5.87. The first-order valence-corrected chi connectivity index (χ1v) is 7.72. The van der Waals surface area contributed by atoms with Gasteiger partial charge in [0.2, 0.25) is 0 Å². The topological polar surface area (TPSA) is 35.5 Å². The van der Waals surface area contributed by atoms with Crippen LogP contribution in [0.15, 0.2) is 0 Å². The van der Waals surface area contributed by atoms with Crippen molar-refractivity contribution in [2.45, 2.75) is 65.0 Å². The van der Waals surface area contributed by atoms with E-state index in [1.807, 2.05) is 0 Å². The van der Waals surface area contributed by atoms with Crippen LogP contribution in [0.2, 0.25) is 0 Å². The Morgan fingerprint density at radius 1 is 1.22 bits per heavy atom. The highest BCUT2D eigenvalue weighted by Crippen LogP contribution is 2.21. The third kappa shape index (κ3) is 4.52. The highest BCUT2D eigenvalue weighted by molar-refractivity contribution is 4.83. The Bertz CT molecular complexity index is 221. The predicted molar refractivity (Wildman–Crippen MR) is 77.8 cm³/mol. The Morgan fingerprint density at radius 3 is 2.22 bits per heavy atom. The summed E-state index contributed by atoms with van der Waals surface area (Å²) in [5, 5.41) is 13.8. The molecular weight excluding hydrogens is 224 g/mol. The Balaban J connectivity index is 2.31. The molecule has 108 valence electrons. The molecule has 0 radical (unpaired) electrons. The van der Waals surface area contributed by atoms with E-state index in [9.17, 15) is 5.11 Å². The summed E-state index contributed by atoms with van der Waals surface area (Å²) >= 11 is 0. The molecule has 1 atom stereocenters. The fourth-order valence-corrected chi connectivity index (χ4v) is 2.79. The number of likely N-dealkylation sites (tertiary alicyclic amines) is 1. The van der Waals surface area contributed by atoms with Gasteiger partial charge in [0, 0.05) is 12.6 Å². The average Bonchev–Trinajstić information content (AvgIpc) is 2.44. The molecule has 3 nitrogen and oxygen atoms in total. The molecule has 0 aromatic carbocycles. The van der Waals surface area contributed by atoms with Crippen molar-refractivity contribution in [1.82, 2.24) is 10.2 Å². The van der Waals surface area contributed by atoms with Gasteiger partial charge in [-0.25, -0.2) is 0 Å². The molecule has 0 aliphatic carbocycles. The molecule has 1 saturated heterocycles. The molecule has 1 rings (SSSR count). The van der Waals surface area contributed by atoms with Gasteiger partial charge in [0.25, 0.3) is 0 Å². The quantitative estimate of drug-likeness (QED) is 0.733. The summed E-state index contributed by atoms with van der Waals surface area (Å²) in [7, 11) is 0. The van der Waals surface area contributed by atoms with E-state index in [0.29, 0.717) is 6.04 Å². The summed E-state index contributed by atoms with van der Waals surface area (Å²) in [5.41, 5.74) is -0.515. The Hall–Kier alpha value is -0.120. The first-order chi connectivity index (χ1) is 8.54. The Labute approximate surface area is 113 Å². The highest BCUT2D eigenvalue weighted by atomic mass is 16.3. The fourth-order valence-electron chi connectivity index (χ4n) is 2.79. The van der Waals surface area contributed by atoms with Crippen molar-refractivity contribution >= 4 is 0 Å². The third-order valence-electron chi connectivity index (χ3n) is 4.86. The molecule has 1 heterocycles. The summed E-state index contributed by atoms with van der Waals surface area (Å²) in [6.45, 7) is 13.0. The van der Waals surface area contributed by atoms with Crippen molar-refractivity contribution in [3.63, 3.8) is 0 Å². The largest absolute Gasteiger partial charge is 0.389 e. The van der Waals surface area contributed by atoms with Crippen LogP contribution in [0.25, 0.3) is 0 Å². The van der Waals surface area contributed by atoms with Gasteiger partial charge in [-0.15, -0.1) is 0 Å². The van der Waals surface area contributed by atoms with Crippen LogP contribution in [0, 0.1) is 5.92 Å². The van der Waals surface area contributed by atoms with Crippen LogP contribution in [-0.4, -0.2) is 47.8 Å². The summed E-state index contributed by atoms with van der Waals surface area (Å²) in [6.07, 6.45) is 4.24. The van der Waals surface area contributed by atoms with Crippen molar-refractivity contribution in [3.05, 3.63) is 0 Å². The van der Waals surface area contributed by atoms with Gasteiger partial charge in [0.1, 0.15) is 0 Å². The van der Waals surface area contributed by atoms with E-state index in [4.69, 9.17) is 0 Å². The minimum atomic E-state index is -0.515. The second kappa shape index (κ2) is 7.46. The molecule has 1 aliphatic heterocycles. The van der Waals surface area contributed by atoms with Gasteiger partial charge in [-0.3, -0.25) is 0 Å². The summed E-state index contributed by atoms with van der Waals surface area (Å²) < 4.78 is 0. The van der Waals surface area contributed by atoms with E-state index in [1.165, 1.54) is 32.5 Å². The zero-order chi connectivity index (χ0) is 13.6. The SMILES string of the molecule is CCN1CCC(C(C)NCC(O)(CC)CC)CC1. The van der Waals surface area contributed by atoms with Crippen molar-refractivity contribution < 1.29 is 5.11 Å². The van der Waals surface area contributed by atoms with E-state index < -0.39 is 5.60 Å². The highest BCUT2D eigenvalue weighted by Gasteiger charge is 2.26. The van der Waals surface area contributed by atoms with E-state index in [1.54, 1.807) is 0 Å². The molecule has 2 N–H and O–H groups in total. The second-order valence-electron chi connectivity index (χ2n) is 5.87.